The van der Waals surface area contributed by atoms with Gasteiger partial charge in [0, 0.05) is 24.7 Å². The summed E-state index contributed by atoms with van der Waals surface area (Å²) in [4.78, 5) is 2.47. The molecule has 112 valence electrons. The summed E-state index contributed by atoms with van der Waals surface area (Å²) in [5.41, 5.74) is 2.69. The predicted molar refractivity (Wildman–Crippen MR) is 84.0 cm³/mol. The van der Waals surface area contributed by atoms with Crippen LogP contribution in [0.15, 0.2) is 24.3 Å². The molecule has 1 aliphatic heterocycles. The zero-order chi connectivity index (χ0) is 14.5. The van der Waals surface area contributed by atoms with Gasteiger partial charge in [0.2, 0.25) is 0 Å². The Bertz CT molecular complexity index is 398. The number of nitrogens with zero attached hydrogens (tertiary/aromatic N) is 1. The maximum atomic E-state index is 5.53. The molecule has 0 saturated carbocycles. The van der Waals surface area contributed by atoms with Crippen LogP contribution >= 0.6 is 0 Å². The summed E-state index contributed by atoms with van der Waals surface area (Å²) in [6.07, 6.45) is 1.15. The molecule has 0 amide bonds. The highest BCUT2D eigenvalue weighted by atomic mass is 16.5. The molecule has 20 heavy (non-hydrogen) atoms. The normalized spacial score (nSPS) is 22.1. The van der Waals surface area contributed by atoms with Crippen LogP contribution in [-0.4, -0.2) is 43.8 Å². The van der Waals surface area contributed by atoms with E-state index in [1.54, 1.807) is 0 Å². The summed E-state index contributed by atoms with van der Waals surface area (Å²) >= 11 is 0. The lowest BCUT2D eigenvalue weighted by atomic mass is 9.97. The number of nitrogens with one attached hydrogen (secondary N) is 1. The Morgan fingerprint density at radius 2 is 2.05 bits per heavy atom. The summed E-state index contributed by atoms with van der Waals surface area (Å²) in [6.45, 7) is 9.37. The Labute approximate surface area is 123 Å². The van der Waals surface area contributed by atoms with Crippen LogP contribution in [0.3, 0.4) is 0 Å². The van der Waals surface area contributed by atoms with Gasteiger partial charge in [-0.2, -0.15) is 0 Å². The Morgan fingerprint density at radius 1 is 1.35 bits per heavy atom. The Hall–Kier alpha value is -0.900. The van der Waals surface area contributed by atoms with Gasteiger partial charge in [0.25, 0.3) is 0 Å². The molecule has 2 rings (SSSR count). The second kappa shape index (κ2) is 7.21. The topological polar surface area (TPSA) is 24.5 Å². The second-order valence-corrected chi connectivity index (χ2v) is 5.87. The molecule has 3 atom stereocenters. The van der Waals surface area contributed by atoms with Crippen LogP contribution in [0.1, 0.15) is 37.4 Å². The van der Waals surface area contributed by atoms with E-state index in [1.165, 1.54) is 11.1 Å². The van der Waals surface area contributed by atoms with Gasteiger partial charge < -0.3 is 10.1 Å². The number of hydrogen-bond acceptors (Lipinski definition) is 3. The number of hydrogen-bond donors (Lipinski definition) is 1. The van der Waals surface area contributed by atoms with Gasteiger partial charge in [-0.15, -0.1) is 0 Å². The maximum Gasteiger partial charge on any atom is 0.0622 e. The smallest absolute Gasteiger partial charge is 0.0622 e. The van der Waals surface area contributed by atoms with Crippen molar-refractivity contribution in [2.45, 2.75) is 45.3 Å². The van der Waals surface area contributed by atoms with Crippen LogP contribution in [0, 0.1) is 6.92 Å². The SMILES string of the molecule is CCNC(c1ccc(C)cc1)C(C)N(C)C1CCOC1. The molecular formula is C17H28N2O. The van der Waals surface area contributed by atoms with E-state index in [0.29, 0.717) is 18.1 Å². The van der Waals surface area contributed by atoms with Crippen LogP contribution in [0.25, 0.3) is 0 Å². The molecule has 0 aromatic heterocycles. The first-order valence-corrected chi connectivity index (χ1v) is 7.73. The van der Waals surface area contributed by atoms with E-state index < -0.39 is 0 Å². The minimum Gasteiger partial charge on any atom is -0.380 e. The predicted octanol–water partition coefficient (Wildman–Crippen LogP) is 2.75. The highest BCUT2D eigenvalue weighted by Gasteiger charge is 2.29. The van der Waals surface area contributed by atoms with Crippen molar-refractivity contribution >= 4 is 0 Å². The Kier molecular flexibility index (Phi) is 5.58. The highest BCUT2D eigenvalue weighted by Crippen LogP contribution is 2.24. The molecule has 0 spiro atoms. The van der Waals surface area contributed by atoms with E-state index in [-0.39, 0.29) is 0 Å². The molecular weight excluding hydrogens is 248 g/mol. The van der Waals surface area contributed by atoms with Crippen molar-refractivity contribution in [3.63, 3.8) is 0 Å². The molecule has 3 unspecified atom stereocenters. The first-order valence-electron chi connectivity index (χ1n) is 7.73. The molecule has 0 radical (unpaired) electrons. The van der Waals surface area contributed by atoms with Gasteiger partial charge in [-0.25, -0.2) is 0 Å². The minimum absolute atomic E-state index is 0.367. The van der Waals surface area contributed by atoms with Crippen LogP contribution in [0.4, 0.5) is 0 Å². The van der Waals surface area contributed by atoms with Crippen molar-refractivity contribution in [2.24, 2.45) is 0 Å². The van der Waals surface area contributed by atoms with E-state index in [9.17, 15) is 0 Å². The Balaban J connectivity index is 2.12. The fraction of sp³-hybridized carbons (Fsp3) is 0.647. The van der Waals surface area contributed by atoms with Gasteiger partial charge >= 0.3 is 0 Å². The van der Waals surface area contributed by atoms with Crippen LogP contribution in [-0.2, 0) is 4.74 Å². The van der Waals surface area contributed by atoms with Gasteiger partial charge in [-0.3, -0.25) is 4.90 Å². The fourth-order valence-electron chi connectivity index (χ4n) is 2.97. The van der Waals surface area contributed by atoms with Crippen molar-refractivity contribution < 1.29 is 4.74 Å². The van der Waals surface area contributed by atoms with E-state index in [4.69, 9.17) is 4.74 Å². The first kappa shape index (κ1) is 15.5. The van der Waals surface area contributed by atoms with Gasteiger partial charge in [0.1, 0.15) is 0 Å². The van der Waals surface area contributed by atoms with Crippen LogP contribution < -0.4 is 5.32 Å². The monoisotopic (exact) mass is 276 g/mol. The summed E-state index contributed by atoms with van der Waals surface area (Å²) in [6, 6.07) is 10.3. The zero-order valence-electron chi connectivity index (χ0n) is 13.2. The van der Waals surface area contributed by atoms with Crippen molar-refractivity contribution in [3.8, 4) is 0 Å². The lowest BCUT2D eigenvalue weighted by Crippen LogP contribution is -2.46. The fourth-order valence-corrected chi connectivity index (χ4v) is 2.97. The average Bonchev–Trinajstić information content (AvgIpc) is 2.98. The molecule has 3 nitrogen and oxygen atoms in total. The molecule has 1 N–H and O–H groups in total. The number of aryl methyl sites for hydroxylation is 1. The Morgan fingerprint density at radius 3 is 2.60 bits per heavy atom. The quantitative estimate of drug-likeness (QED) is 0.864. The molecule has 1 aliphatic rings. The van der Waals surface area contributed by atoms with Gasteiger partial charge in [-0.05, 0) is 39.4 Å². The molecule has 3 heteroatoms. The molecule has 1 saturated heterocycles. The average molecular weight is 276 g/mol. The van der Waals surface area contributed by atoms with Gasteiger partial charge in [0.05, 0.1) is 6.61 Å². The van der Waals surface area contributed by atoms with Gasteiger partial charge in [-0.1, -0.05) is 36.8 Å². The number of ether oxygens (including phenoxy) is 1. The van der Waals surface area contributed by atoms with Crippen LogP contribution in [0.5, 0.6) is 0 Å². The minimum atomic E-state index is 0.367. The summed E-state index contributed by atoms with van der Waals surface area (Å²) < 4.78 is 5.53. The number of benzene rings is 1. The standard InChI is InChI=1S/C17H28N2O/c1-5-18-17(15-8-6-13(2)7-9-15)14(3)19(4)16-10-11-20-12-16/h6-9,14,16-18H,5,10-12H2,1-4H3. The summed E-state index contributed by atoms with van der Waals surface area (Å²) in [7, 11) is 2.22. The van der Waals surface area contributed by atoms with Crippen molar-refractivity contribution in [1.82, 2.24) is 10.2 Å². The number of rotatable bonds is 6. The highest BCUT2D eigenvalue weighted by molar-refractivity contribution is 5.25. The third-order valence-electron chi connectivity index (χ3n) is 4.47. The van der Waals surface area contributed by atoms with E-state index in [2.05, 4.69) is 62.3 Å². The molecule has 1 heterocycles. The maximum absolute atomic E-state index is 5.53. The first-order chi connectivity index (χ1) is 9.63. The van der Waals surface area contributed by atoms with Crippen molar-refractivity contribution in [3.05, 3.63) is 35.4 Å². The number of likely N-dealkylation sites (N-methyl/N-ethyl adjacent to an activating group) is 2. The molecule has 0 bridgehead atoms. The van der Waals surface area contributed by atoms with E-state index >= 15 is 0 Å². The molecule has 1 fully saturated rings. The molecule has 1 aromatic carbocycles. The largest absolute Gasteiger partial charge is 0.380 e. The third kappa shape index (κ3) is 3.60. The molecule has 0 aliphatic carbocycles. The summed E-state index contributed by atoms with van der Waals surface area (Å²) in [5, 5.41) is 3.64. The third-order valence-corrected chi connectivity index (χ3v) is 4.47. The van der Waals surface area contributed by atoms with E-state index in [0.717, 1.165) is 26.2 Å². The van der Waals surface area contributed by atoms with Crippen LogP contribution in [0.2, 0.25) is 0 Å². The summed E-state index contributed by atoms with van der Waals surface area (Å²) in [5.74, 6) is 0. The lowest BCUT2D eigenvalue weighted by molar-refractivity contribution is 0.121. The van der Waals surface area contributed by atoms with E-state index in [1.807, 2.05) is 0 Å². The van der Waals surface area contributed by atoms with Gasteiger partial charge in [0.15, 0.2) is 0 Å². The zero-order valence-corrected chi connectivity index (χ0v) is 13.2. The van der Waals surface area contributed by atoms with Crippen molar-refractivity contribution in [2.75, 3.05) is 26.8 Å². The molecule has 1 aromatic rings. The van der Waals surface area contributed by atoms with Crippen molar-refractivity contribution in [1.29, 1.82) is 0 Å². The second-order valence-electron chi connectivity index (χ2n) is 5.87. The lowest BCUT2D eigenvalue weighted by Gasteiger charge is -2.36.